The number of rotatable bonds is 4. The lowest BCUT2D eigenvalue weighted by molar-refractivity contribution is -0.131. The SMILES string of the molecule is CN(CC1CCCCN1)C(=O)Cn1ccnn1. The lowest BCUT2D eigenvalue weighted by Gasteiger charge is -2.28. The molecule has 1 amide bonds. The van der Waals surface area contributed by atoms with Crippen molar-refractivity contribution in [3.8, 4) is 0 Å². The molecule has 1 aromatic heterocycles. The van der Waals surface area contributed by atoms with Gasteiger partial charge < -0.3 is 10.2 Å². The summed E-state index contributed by atoms with van der Waals surface area (Å²) in [5.41, 5.74) is 0. The van der Waals surface area contributed by atoms with Crippen molar-refractivity contribution in [2.24, 2.45) is 0 Å². The van der Waals surface area contributed by atoms with Crippen molar-refractivity contribution in [3.05, 3.63) is 12.4 Å². The van der Waals surface area contributed by atoms with E-state index in [1.807, 2.05) is 7.05 Å². The zero-order valence-corrected chi connectivity index (χ0v) is 10.2. The van der Waals surface area contributed by atoms with Crippen molar-refractivity contribution in [3.63, 3.8) is 0 Å². The fourth-order valence-corrected chi connectivity index (χ4v) is 2.09. The van der Waals surface area contributed by atoms with Crippen LogP contribution in [-0.4, -0.2) is 52.0 Å². The molecule has 6 heteroatoms. The van der Waals surface area contributed by atoms with E-state index in [-0.39, 0.29) is 12.5 Å². The number of piperidine rings is 1. The summed E-state index contributed by atoms with van der Waals surface area (Å²) in [4.78, 5) is 13.7. The zero-order chi connectivity index (χ0) is 12.1. The topological polar surface area (TPSA) is 63.1 Å². The van der Waals surface area contributed by atoms with Gasteiger partial charge in [0, 0.05) is 25.8 Å². The first-order valence-corrected chi connectivity index (χ1v) is 6.07. The minimum Gasteiger partial charge on any atom is -0.343 e. The van der Waals surface area contributed by atoms with Gasteiger partial charge in [0.05, 0.1) is 6.20 Å². The van der Waals surface area contributed by atoms with Crippen LogP contribution in [0.5, 0.6) is 0 Å². The van der Waals surface area contributed by atoms with Gasteiger partial charge in [-0.3, -0.25) is 4.79 Å². The van der Waals surface area contributed by atoms with Crippen LogP contribution in [-0.2, 0) is 11.3 Å². The molecule has 0 spiro atoms. The van der Waals surface area contributed by atoms with E-state index in [4.69, 9.17) is 0 Å². The van der Waals surface area contributed by atoms with Gasteiger partial charge in [-0.05, 0) is 19.4 Å². The molecule has 0 saturated carbocycles. The van der Waals surface area contributed by atoms with E-state index in [1.54, 1.807) is 22.0 Å². The summed E-state index contributed by atoms with van der Waals surface area (Å²) in [6.45, 7) is 2.10. The highest BCUT2D eigenvalue weighted by Gasteiger charge is 2.17. The summed E-state index contributed by atoms with van der Waals surface area (Å²) < 4.78 is 1.55. The fourth-order valence-electron chi connectivity index (χ4n) is 2.09. The van der Waals surface area contributed by atoms with Crippen molar-refractivity contribution < 1.29 is 4.79 Å². The predicted octanol–water partition coefficient (Wildman–Crippen LogP) is -0.121. The first-order valence-electron chi connectivity index (χ1n) is 6.07. The number of hydrogen-bond donors (Lipinski definition) is 1. The number of hydrogen-bond acceptors (Lipinski definition) is 4. The largest absolute Gasteiger partial charge is 0.343 e. The number of aromatic nitrogens is 3. The third kappa shape index (κ3) is 3.52. The summed E-state index contributed by atoms with van der Waals surface area (Å²) in [6.07, 6.45) is 6.93. The molecule has 0 radical (unpaired) electrons. The van der Waals surface area contributed by atoms with Crippen LogP contribution in [0.1, 0.15) is 19.3 Å². The standard InChI is InChI=1S/C11H19N5O/c1-15(8-10-4-2-3-5-12-10)11(17)9-16-7-6-13-14-16/h6-7,10,12H,2-5,8-9H2,1H3. The molecule has 1 atom stereocenters. The Bertz CT molecular complexity index is 345. The summed E-state index contributed by atoms with van der Waals surface area (Å²) >= 11 is 0. The van der Waals surface area contributed by atoms with Crippen molar-refractivity contribution >= 4 is 5.91 Å². The minimum atomic E-state index is 0.0721. The molecule has 1 aliphatic rings. The Morgan fingerprint density at radius 3 is 3.12 bits per heavy atom. The Balaban J connectivity index is 1.78. The smallest absolute Gasteiger partial charge is 0.244 e. The number of amides is 1. The van der Waals surface area contributed by atoms with Crippen LogP contribution >= 0.6 is 0 Å². The second-order valence-corrected chi connectivity index (χ2v) is 4.52. The van der Waals surface area contributed by atoms with E-state index in [2.05, 4.69) is 15.6 Å². The zero-order valence-electron chi connectivity index (χ0n) is 10.2. The van der Waals surface area contributed by atoms with E-state index in [0.717, 1.165) is 19.5 Å². The lowest BCUT2D eigenvalue weighted by atomic mass is 10.0. The Morgan fingerprint density at radius 2 is 2.47 bits per heavy atom. The molecule has 0 aromatic carbocycles. The van der Waals surface area contributed by atoms with Crippen LogP contribution < -0.4 is 5.32 Å². The Morgan fingerprint density at radius 1 is 1.59 bits per heavy atom. The molecule has 1 aliphatic heterocycles. The van der Waals surface area contributed by atoms with Gasteiger partial charge in [0.1, 0.15) is 6.54 Å². The molecule has 1 saturated heterocycles. The Labute approximate surface area is 101 Å². The first-order chi connectivity index (χ1) is 8.25. The third-order valence-corrected chi connectivity index (χ3v) is 3.10. The monoisotopic (exact) mass is 237 g/mol. The van der Waals surface area contributed by atoms with Crippen LogP contribution in [0.25, 0.3) is 0 Å². The van der Waals surface area contributed by atoms with Crippen LogP contribution in [0.3, 0.4) is 0 Å². The number of nitrogens with zero attached hydrogens (tertiary/aromatic N) is 4. The molecule has 1 unspecified atom stereocenters. The number of nitrogens with one attached hydrogen (secondary N) is 1. The molecule has 0 bridgehead atoms. The highest BCUT2D eigenvalue weighted by Crippen LogP contribution is 2.08. The van der Waals surface area contributed by atoms with E-state index in [0.29, 0.717) is 6.04 Å². The van der Waals surface area contributed by atoms with Gasteiger partial charge in [-0.25, -0.2) is 4.68 Å². The lowest BCUT2D eigenvalue weighted by Crippen LogP contribution is -2.45. The number of carbonyl (C=O) groups excluding carboxylic acids is 1. The van der Waals surface area contributed by atoms with Crippen LogP contribution in [0.2, 0.25) is 0 Å². The first kappa shape index (κ1) is 12.0. The molecule has 1 N–H and O–H groups in total. The summed E-state index contributed by atoms with van der Waals surface area (Å²) in [6, 6.07) is 0.438. The van der Waals surface area contributed by atoms with Crippen molar-refractivity contribution in [1.82, 2.24) is 25.2 Å². The molecule has 6 nitrogen and oxygen atoms in total. The van der Waals surface area contributed by atoms with Gasteiger partial charge in [0.25, 0.3) is 0 Å². The van der Waals surface area contributed by atoms with Gasteiger partial charge >= 0.3 is 0 Å². The normalized spacial score (nSPS) is 20.2. The number of likely N-dealkylation sites (N-methyl/N-ethyl adjacent to an activating group) is 1. The van der Waals surface area contributed by atoms with Gasteiger partial charge in [-0.15, -0.1) is 5.10 Å². The Kier molecular flexibility index (Phi) is 4.08. The Hall–Kier alpha value is -1.43. The average molecular weight is 237 g/mol. The highest BCUT2D eigenvalue weighted by atomic mass is 16.2. The van der Waals surface area contributed by atoms with Gasteiger partial charge in [0.2, 0.25) is 5.91 Å². The second kappa shape index (κ2) is 5.77. The van der Waals surface area contributed by atoms with E-state index in [9.17, 15) is 4.79 Å². The van der Waals surface area contributed by atoms with Crippen molar-refractivity contribution in [2.75, 3.05) is 20.1 Å². The average Bonchev–Trinajstić information content (AvgIpc) is 2.83. The summed E-state index contributed by atoms with van der Waals surface area (Å²) in [5.74, 6) is 0.0721. The molecule has 1 aromatic rings. The van der Waals surface area contributed by atoms with Gasteiger partial charge in [-0.2, -0.15) is 0 Å². The second-order valence-electron chi connectivity index (χ2n) is 4.52. The minimum absolute atomic E-state index is 0.0721. The summed E-state index contributed by atoms with van der Waals surface area (Å²) in [5, 5.41) is 10.9. The molecule has 0 aliphatic carbocycles. The fraction of sp³-hybridized carbons (Fsp3) is 0.727. The third-order valence-electron chi connectivity index (χ3n) is 3.10. The molecule has 2 heterocycles. The molecule has 2 rings (SSSR count). The maximum Gasteiger partial charge on any atom is 0.244 e. The van der Waals surface area contributed by atoms with Crippen LogP contribution in [0.4, 0.5) is 0 Å². The molecule has 1 fully saturated rings. The van der Waals surface area contributed by atoms with Crippen molar-refractivity contribution in [2.45, 2.75) is 31.8 Å². The quantitative estimate of drug-likeness (QED) is 0.793. The highest BCUT2D eigenvalue weighted by molar-refractivity contribution is 5.75. The van der Waals surface area contributed by atoms with Gasteiger partial charge in [0.15, 0.2) is 0 Å². The van der Waals surface area contributed by atoms with Crippen molar-refractivity contribution in [1.29, 1.82) is 0 Å². The maximum absolute atomic E-state index is 11.9. The summed E-state index contributed by atoms with van der Waals surface area (Å²) in [7, 11) is 1.84. The van der Waals surface area contributed by atoms with Crippen LogP contribution in [0.15, 0.2) is 12.4 Å². The van der Waals surface area contributed by atoms with E-state index < -0.39 is 0 Å². The maximum atomic E-state index is 11.9. The molecule has 94 valence electrons. The molecule has 17 heavy (non-hydrogen) atoms. The molecular weight excluding hydrogens is 218 g/mol. The van der Waals surface area contributed by atoms with Crippen LogP contribution in [0, 0.1) is 0 Å². The molecular formula is C11H19N5O. The predicted molar refractivity (Wildman–Crippen MR) is 63.3 cm³/mol. The number of carbonyl (C=O) groups is 1. The van der Waals surface area contributed by atoms with Gasteiger partial charge in [-0.1, -0.05) is 11.6 Å². The van der Waals surface area contributed by atoms with E-state index in [1.165, 1.54) is 12.8 Å². The van der Waals surface area contributed by atoms with E-state index >= 15 is 0 Å².